The maximum atomic E-state index is 13.4. The third-order valence-electron chi connectivity index (χ3n) is 6.84. The quantitative estimate of drug-likeness (QED) is 0.391. The first-order valence-corrected chi connectivity index (χ1v) is 12.4. The van der Waals surface area contributed by atoms with Crippen molar-refractivity contribution in [2.24, 2.45) is 0 Å². The summed E-state index contributed by atoms with van der Waals surface area (Å²) >= 11 is 0. The molecule has 0 saturated carbocycles. The molecule has 1 atom stereocenters. The number of carbonyl (C=O) groups is 1. The average molecular weight is 522 g/mol. The number of pyridine rings is 1. The third kappa shape index (κ3) is 4.85. The molecule has 2 aromatic carbocycles. The molecule has 7 nitrogen and oxygen atoms in total. The second-order valence-electron chi connectivity index (χ2n) is 9.29. The second-order valence-corrected chi connectivity index (χ2v) is 9.29. The summed E-state index contributed by atoms with van der Waals surface area (Å²) in [5.41, 5.74) is 2.01. The lowest BCUT2D eigenvalue weighted by Gasteiger charge is -2.29. The molecule has 196 valence electrons. The van der Waals surface area contributed by atoms with Gasteiger partial charge in [-0.15, -0.1) is 0 Å². The first kappa shape index (κ1) is 25.4. The van der Waals surface area contributed by atoms with Crippen LogP contribution in [0.25, 0.3) is 10.9 Å². The van der Waals surface area contributed by atoms with Crippen molar-refractivity contribution in [2.75, 3.05) is 11.9 Å². The number of nitrogens with one attached hydrogen (secondary N) is 1. The van der Waals surface area contributed by atoms with E-state index in [1.807, 2.05) is 31.2 Å². The zero-order chi connectivity index (χ0) is 27.0. The van der Waals surface area contributed by atoms with Gasteiger partial charge in [-0.05, 0) is 43.7 Å². The Bertz CT molecular complexity index is 1560. The van der Waals surface area contributed by atoms with Gasteiger partial charge < -0.3 is 10.2 Å². The molecule has 1 unspecified atom stereocenters. The minimum Gasteiger partial charge on any atom is -0.349 e. The molecule has 1 N–H and O–H groups in total. The van der Waals surface area contributed by atoms with Crippen LogP contribution < -0.4 is 10.9 Å². The van der Waals surface area contributed by atoms with Crippen LogP contribution in [-0.4, -0.2) is 31.9 Å². The molecule has 10 heteroatoms. The standard InChI is InChI=1S/C28H26F3N5O2/c1-3-36-26(38)22-16-35(25(37)20-14-19-6-4-5-7-23(19)32-15-20)13-12-24(22)34-27(36)33-17(2)18-8-10-21(11-9-18)28(29,30)31/h4-11,14-15,17H,3,12-13,16H2,1-2H3,(H,33,34). The summed E-state index contributed by atoms with van der Waals surface area (Å²) < 4.78 is 40.2. The molecule has 3 heterocycles. The SMILES string of the molecule is CCn1c(NC(C)c2ccc(C(F)(F)F)cc2)nc2c(c1=O)CN(C(=O)c1cnc3ccccc3c1)CC2. The first-order chi connectivity index (χ1) is 18.2. The number of hydrogen-bond acceptors (Lipinski definition) is 5. The molecule has 0 radical (unpaired) electrons. The van der Waals surface area contributed by atoms with Crippen LogP contribution in [0.4, 0.5) is 19.1 Å². The van der Waals surface area contributed by atoms with Crippen molar-refractivity contribution in [3.05, 3.63) is 99.1 Å². The van der Waals surface area contributed by atoms with Crippen molar-refractivity contribution in [1.29, 1.82) is 0 Å². The maximum absolute atomic E-state index is 13.4. The normalized spacial score (nSPS) is 14.3. The Morgan fingerprint density at radius 3 is 2.58 bits per heavy atom. The zero-order valence-electron chi connectivity index (χ0n) is 20.9. The Hall–Kier alpha value is -4.21. The van der Waals surface area contributed by atoms with Crippen LogP contribution in [-0.2, 0) is 25.7 Å². The maximum Gasteiger partial charge on any atom is 0.416 e. The van der Waals surface area contributed by atoms with Crippen LogP contribution in [0.15, 0.2) is 65.6 Å². The van der Waals surface area contributed by atoms with Crippen LogP contribution in [0.2, 0.25) is 0 Å². The Morgan fingerprint density at radius 1 is 1.13 bits per heavy atom. The Kier molecular flexibility index (Phi) is 6.64. The first-order valence-electron chi connectivity index (χ1n) is 12.4. The minimum absolute atomic E-state index is 0.140. The molecule has 0 saturated heterocycles. The Balaban J connectivity index is 1.38. The lowest BCUT2D eigenvalue weighted by molar-refractivity contribution is -0.137. The fraction of sp³-hybridized carbons (Fsp3) is 0.286. The molecule has 1 amide bonds. The van der Waals surface area contributed by atoms with Gasteiger partial charge in [0, 0.05) is 31.1 Å². The van der Waals surface area contributed by atoms with Gasteiger partial charge in [0.15, 0.2) is 0 Å². The Morgan fingerprint density at radius 2 is 1.87 bits per heavy atom. The van der Waals surface area contributed by atoms with E-state index in [1.165, 1.54) is 16.7 Å². The summed E-state index contributed by atoms with van der Waals surface area (Å²) in [7, 11) is 0. The van der Waals surface area contributed by atoms with Gasteiger partial charge in [-0.25, -0.2) is 4.98 Å². The number of hydrogen-bond donors (Lipinski definition) is 1. The number of fused-ring (bicyclic) bond motifs is 2. The van der Waals surface area contributed by atoms with Gasteiger partial charge in [-0.1, -0.05) is 30.3 Å². The van der Waals surface area contributed by atoms with Crippen LogP contribution >= 0.6 is 0 Å². The van der Waals surface area contributed by atoms with E-state index < -0.39 is 11.7 Å². The van der Waals surface area contributed by atoms with E-state index in [9.17, 15) is 22.8 Å². The molecule has 4 aromatic rings. The van der Waals surface area contributed by atoms with Gasteiger partial charge in [-0.2, -0.15) is 13.2 Å². The number of halogens is 3. The average Bonchev–Trinajstić information content (AvgIpc) is 2.92. The van der Waals surface area contributed by atoms with Gasteiger partial charge >= 0.3 is 6.18 Å². The highest BCUT2D eigenvalue weighted by Gasteiger charge is 2.30. The molecule has 5 rings (SSSR count). The topological polar surface area (TPSA) is 80.1 Å². The van der Waals surface area contributed by atoms with E-state index in [4.69, 9.17) is 4.98 Å². The number of alkyl halides is 3. The van der Waals surface area contributed by atoms with Crippen molar-refractivity contribution >= 4 is 22.8 Å². The fourth-order valence-corrected chi connectivity index (χ4v) is 4.70. The highest BCUT2D eigenvalue weighted by atomic mass is 19.4. The number of rotatable bonds is 5. The largest absolute Gasteiger partial charge is 0.416 e. The van der Waals surface area contributed by atoms with Crippen molar-refractivity contribution in [3.63, 3.8) is 0 Å². The lowest BCUT2D eigenvalue weighted by atomic mass is 10.0. The summed E-state index contributed by atoms with van der Waals surface area (Å²) in [6.45, 7) is 4.49. The summed E-state index contributed by atoms with van der Waals surface area (Å²) in [5.74, 6) is 0.150. The molecule has 1 aliphatic heterocycles. The van der Waals surface area contributed by atoms with Gasteiger partial charge in [0.25, 0.3) is 11.5 Å². The highest BCUT2D eigenvalue weighted by molar-refractivity contribution is 5.97. The molecule has 0 aliphatic carbocycles. The fourth-order valence-electron chi connectivity index (χ4n) is 4.70. The van der Waals surface area contributed by atoms with Crippen molar-refractivity contribution in [1.82, 2.24) is 19.4 Å². The Labute approximate surface area is 217 Å². The molecule has 0 spiro atoms. The van der Waals surface area contributed by atoms with Crippen molar-refractivity contribution in [2.45, 2.75) is 45.6 Å². The third-order valence-corrected chi connectivity index (χ3v) is 6.84. The second kappa shape index (κ2) is 9.92. The van der Waals surface area contributed by atoms with Crippen molar-refractivity contribution < 1.29 is 18.0 Å². The summed E-state index contributed by atoms with van der Waals surface area (Å²) in [4.78, 5) is 37.4. The lowest BCUT2D eigenvalue weighted by Crippen LogP contribution is -2.41. The predicted octanol–water partition coefficient (Wildman–Crippen LogP) is 5.20. The van der Waals surface area contributed by atoms with Crippen molar-refractivity contribution in [3.8, 4) is 0 Å². The van der Waals surface area contributed by atoms with Crippen LogP contribution in [0.3, 0.4) is 0 Å². The van der Waals surface area contributed by atoms with Crippen LogP contribution in [0, 0.1) is 0 Å². The number of amides is 1. The molecule has 0 bridgehead atoms. The van der Waals surface area contributed by atoms with Gasteiger partial charge in [-0.3, -0.25) is 19.1 Å². The number of para-hydroxylation sites is 1. The molecule has 2 aromatic heterocycles. The van der Waals surface area contributed by atoms with Crippen LogP contribution in [0.5, 0.6) is 0 Å². The van der Waals surface area contributed by atoms with E-state index in [0.29, 0.717) is 47.8 Å². The number of anilines is 1. The molecular formula is C28H26F3N5O2. The molecule has 1 aliphatic rings. The molecule has 0 fully saturated rings. The number of carbonyl (C=O) groups excluding carboxylic acids is 1. The molecule has 38 heavy (non-hydrogen) atoms. The van der Waals surface area contributed by atoms with Gasteiger partial charge in [0.1, 0.15) is 0 Å². The molecular weight excluding hydrogens is 495 g/mol. The van der Waals surface area contributed by atoms with Gasteiger partial charge in [0.2, 0.25) is 5.95 Å². The highest BCUT2D eigenvalue weighted by Crippen LogP contribution is 2.30. The predicted molar refractivity (Wildman–Crippen MR) is 138 cm³/mol. The summed E-state index contributed by atoms with van der Waals surface area (Å²) in [5, 5.41) is 4.05. The van der Waals surface area contributed by atoms with E-state index in [1.54, 1.807) is 24.1 Å². The van der Waals surface area contributed by atoms with E-state index in [2.05, 4.69) is 10.3 Å². The van der Waals surface area contributed by atoms with Crippen LogP contribution in [0.1, 0.15) is 52.6 Å². The number of nitrogens with zero attached hydrogens (tertiary/aromatic N) is 4. The number of benzene rings is 2. The number of aromatic nitrogens is 3. The monoisotopic (exact) mass is 521 g/mol. The van der Waals surface area contributed by atoms with E-state index in [0.717, 1.165) is 23.0 Å². The minimum atomic E-state index is -4.40. The van der Waals surface area contributed by atoms with E-state index >= 15 is 0 Å². The summed E-state index contributed by atoms with van der Waals surface area (Å²) in [6, 6.07) is 13.9. The van der Waals surface area contributed by atoms with Gasteiger partial charge in [0.05, 0.1) is 40.5 Å². The zero-order valence-corrected chi connectivity index (χ0v) is 20.9. The summed E-state index contributed by atoms with van der Waals surface area (Å²) in [6.07, 6.45) is -2.44. The smallest absolute Gasteiger partial charge is 0.349 e. The van der Waals surface area contributed by atoms with E-state index in [-0.39, 0.29) is 24.1 Å².